The first-order valence-corrected chi connectivity index (χ1v) is 9.03. The Hall–Kier alpha value is -3.26. The first kappa shape index (κ1) is 16.0. The molecule has 0 spiro atoms. The van der Waals surface area contributed by atoms with Crippen molar-refractivity contribution < 1.29 is 4.74 Å². The Kier molecular flexibility index (Phi) is 4.02. The number of aromatic nitrogens is 5. The summed E-state index contributed by atoms with van der Waals surface area (Å²) in [5, 5.41) is 16.0. The molecule has 1 unspecified atom stereocenters. The molecule has 136 valence electrons. The Labute approximate surface area is 155 Å². The zero-order chi connectivity index (χ0) is 18.1. The zero-order valence-corrected chi connectivity index (χ0v) is 14.6. The van der Waals surface area contributed by atoms with Crippen molar-refractivity contribution in [2.24, 2.45) is 0 Å². The van der Waals surface area contributed by atoms with Crippen LogP contribution in [0.2, 0.25) is 0 Å². The average molecular weight is 361 g/mol. The van der Waals surface area contributed by atoms with Gasteiger partial charge in [-0.05, 0) is 42.5 Å². The molecule has 0 bridgehead atoms. The fraction of sp³-hybridized carbons (Fsp3) is 0.263. The summed E-state index contributed by atoms with van der Waals surface area (Å²) in [5.74, 6) is 1.61. The highest BCUT2D eigenvalue weighted by Crippen LogP contribution is 2.27. The van der Waals surface area contributed by atoms with E-state index < -0.39 is 0 Å². The minimum Gasteiger partial charge on any atom is -0.376 e. The number of fused-ring (bicyclic) bond motifs is 2. The molecule has 27 heavy (non-hydrogen) atoms. The van der Waals surface area contributed by atoms with Gasteiger partial charge in [0.25, 0.3) is 0 Å². The number of benzene rings is 1. The van der Waals surface area contributed by atoms with Gasteiger partial charge in [0, 0.05) is 42.8 Å². The van der Waals surface area contributed by atoms with E-state index in [-0.39, 0.29) is 6.10 Å². The van der Waals surface area contributed by atoms with Crippen LogP contribution in [0.5, 0.6) is 0 Å². The highest BCUT2D eigenvalue weighted by Gasteiger charge is 2.15. The largest absolute Gasteiger partial charge is 0.376 e. The third-order valence-electron chi connectivity index (χ3n) is 4.74. The monoisotopic (exact) mass is 361 g/mol. The maximum Gasteiger partial charge on any atom is 0.201 e. The molecular formula is C19H19N7O. The van der Waals surface area contributed by atoms with Gasteiger partial charge in [0.05, 0.1) is 6.10 Å². The fourth-order valence-corrected chi connectivity index (χ4v) is 3.39. The zero-order valence-electron chi connectivity index (χ0n) is 14.6. The van der Waals surface area contributed by atoms with Crippen LogP contribution >= 0.6 is 0 Å². The number of ether oxygens (including phenoxy) is 1. The average Bonchev–Trinajstić information content (AvgIpc) is 3.36. The summed E-state index contributed by atoms with van der Waals surface area (Å²) < 4.78 is 5.68. The Bertz CT molecular complexity index is 1090. The smallest absolute Gasteiger partial charge is 0.201 e. The van der Waals surface area contributed by atoms with Crippen LogP contribution in [-0.4, -0.2) is 44.4 Å². The first-order valence-electron chi connectivity index (χ1n) is 9.03. The molecule has 1 aromatic carbocycles. The summed E-state index contributed by atoms with van der Waals surface area (Å²) in [5.41, 5.74) is 2.24. The number of hydrogen-bond acceptors (Lipinski definition) is 7. The van der Waals surface area contributed by atoms with Gasteiger partial charge in [-0.1, -0.05) is 0 Å². The van der Waals surface area contributed by atoms with E-state index in [2.05, 4.69) is 47.9 Å². The highest BCUT2D eigenvalue weighted by molar-refractivity contribution is 5.95. The molecule has 5 rings (SSSR count). The quantitative estimate of drug-likeness (QED) is 0.502. The molecule has 1 aliphatic heterocycles. The third kappa shape index (κ3) is 3.15. The highest BCUT2D eigenvalue weighted by atomic mass is 16.5. The molecule has 3 N–H and O–H groups in total. The summed E-state index contributed by atoms with van der Waals surface area (Å²) in [4.78, 5) is 13.0. The van der Waals surface area contributed by atoms with Crippen molar-refractivity contribution in [1.82, 2.24) is 25.1 Å². The second-order valence-electron chi connectivity index (χ2n) is 6.56. The van der Waals surface area contributed by atoms with E-state index in [1.165, 1.54) is 0 Å². The molecule has 0 saturated carbocycles. The van der Waals surface area contributed by atoms with Gasteiger partial charge in [0.1, 0.15) is 5.82 Å². The number of H-pyrrole nitrogens is 1. The fourth-order valence-electron chi connectivity index (χ4n) is 3.39. The molecule has 1 saturated heterocycles. The van der Waals surface area contributed by atoms with Crippen molar-refractivity contribution in [1.29, 1.82) is 0 Å². The van der Waals surface area contributed by atoms with Crippen LogP contribution in [-0.2, 0) is 4.74 Å². The van der Waals surface area contributed by atoms with Crippen LogP contribution in [0, 0.1) is 0 Å². The maximum absolute atomic E-state index is 5.68. The summed E-state index contributed by atoms with van der Waals surface area (Å²) in [6.45, 7) is 1.64. The van der Waals surface area contributed by atoms with Crippen LogP contribution < -0.4 is 10.6 Å². The van der Waals surface area contributed by atoms with E-state index in [0.717, 1.165) is 54.1 Å². The van der Waals surface area contributed by atoms with Crippen LogP contribution in [0.4, 0.5) is 17.3 Å². The van der Waals surface area contributed by atoms with Crippen LogP contribution in [0.3, 0.4) is 0 Å². The van der Waals surface area contributed by atoms with E-state index in [4.69, 9.17) is 4.74 Å². The number of nitrogens with one attached hydrogen (secondary N) is 3. The molecule has 4 heterocycles. The van der Waals surface area contributed by atoms with Crippen LogP contribution in [0.15, 0.2) is 42.9 Å². The predicted molar refractivity (Wildman–Crippen MR) is 104 cm³/mol. The Morgan fingerprint density at radius 3 is 3.00 bits per heavy atom. The number of rotatable bonds is 5. The summed E-state index contributed by atoms with van der Waals surface area (Å²) in [7, 11) is 0. The minimum atomic E-state index is 0.276. The van der Waals surface area contributed by atoms with Crippen LogP contribution in [0.25, 0.3) is 21.9 Å². The SMILES string of the molecule is c1cc2cc(Nc3[nH]nc4nccnc34)ccc2c(NCC2CCCO2)n1. The minimum absolute atomic E-state index is 0.276. The summed E-state index contributed by atoms with van der Waals surface area (Å²) in [6, 6.07) is 8.16. The lowest BCUT2D eigenvalue weighted by molar-refractivity contribution is 0.120. The molecular weight excluding hydrogens is 342 g/mol. The Balaban J connectivity index is 1.40. The van der Waals surface area contributed by atoms with E-state index in [1.807, 2.05) is 18.3 Å². The van der Waals surface area contributed by atoms with Gasteiger partial charge in [-0.2, -0.15) is 5.10 Å². The van der Waals surface area contributed by atoms with Crippen LogP contribution in [0.1, 0.15) is 12.8 Å². The number of nitrogens with zero attached hydrogens (tertiary/aromatic N) is 4. The molecule has 1 atom stereocenters. The Morgan fingerprint density at radius 1 is 1.11 bits per heavy atom. The second-order valence-corrected chi connectivity index (χ2v) is 6.56. The van der Waals surface area contributed by atoms with Gasteiger partial charge < -0.3 is 15.4 Å². The lowest BCUT2D eigenvalue weighted by Crippen LogP contribution is -2.19. The lowest BCUT2D eigenvalue weighted by Gasteiger charge is -2.13. The molecule has 4 aromatic rings. The van der Waals surface area contributed by atoms with Crippen molar-refractivity contribution in [3.05, 3.63) is 42.9 Å². The van der Waals surface area contributed by atoms with Crippen molar-refractivity contribution in [3.8, 4) is 0 Å². The first-order chi connectivity index (χ1) is 13.4. The van der Waals surface area contributed by atoms with E-state index in [0.29, 0.717) is 11.2 Å². The van der Waals surface area contributed by atoms with Crippen molar-refractivity contribution >= 4 is 39.3 Å². The molecule has 0 amide bonds. The normalized spacial score (nSPS) is 16.8. The second kappa shape index (κ2) is 6.81. The number of aromatic amines is 1. The van der Waals surface area contributed by atoms with Gasteiger partial charge in [-0.15, -0.1) is 0 Å². The lowest BCUT2D eigenvalue weighted by atomic mass is 10.1. The molecule has 8 heteroatoms. The third-order valence-corrected chi connectivity index (χ3v) is 4.74. The molecule has 0 aliphatic carbocycles. The van der Waals surface area contributed by atoms with Gasteiger partial charge >= 0.3 is 0 Å². The maximum atomic E-state index is 5.68. The topological polar surface area (TPSA) is 101 Å². The van der Waals surface area contributed by atoms with Crippen molar-refractivity contribution in [2.45, 2.75) is 18.9 Å². The molecule has 1 aliphatic rings. The number of anilines is 3. The Morgan fingerprint density at radius 2 is 2.07 bits per heavy atom. The van der Waals surface area contributed by atoms with E-state index in [9.17, 15) is 0 Å². The van der Waals surface area contributed by atoms with Gasteiger partial charge in [-0.3, -0.25) is 5.10 Å². The van der Waals surface area contributed by atoms with Crippen molar-refractivity contribution in [3.63, 3.8) is 0 Å². The van der Waals surface area contributed by atoms with Gasteiger partial charge in [0.15, 0.2) is 11.3 Å². The van der Waals surface area contributed by atoms with E-state index in [1.54, 1.807) is 12.4 Å². The number of hydrogen-bond donors (Lipinski definition) is 3. The summed E-state index contributed by atoms with van der Waals surface area (Å²) >= 11 is 0. The van der Waals surface area contributed by atoms with Crippen molar-refractivity contribution in [2.75, 3.05) is 23.8 Å². The van der Waals surface area contributed by atoms with Gasteiger partial charge in [-0.25, -0.2) is 15.0 Å². The standard InChI is InChI=1S/C19H19N7O/c1-2-14(27-9-1)11-23-17-15-4-3-13(10-12(15)5-6-21-17)24-19-16-18(25-26-19)22-8-7-20-16/h3-8,10,14H,1-2,9,11H2,(H,21,23)(H2,22,24,25,26). The molecule has 0 radical (unpaired) electrons. The molecule has 8 nitrogen and oxygen atoms in total. The predicted octanol–water partition coefficient (Wildman–Crippen LogP) is 3.24. The van der Waals surface area contributed by atoms with E-state index >= 15 is 0 Å². The summed E-state index contributed by atoms with van der Waals surface area (Å²) in [6.07, 6.45) is 7.62. The number of pyridine rings is 1. The van der Waals surface area contributed by atoms with Gasteiger partial charge in [0.2, 0.25) is 5.65 Å². The molecule has 1 fully saturated rings. The molecule has 3 aromatic heterocycles.